The maximum absolute atomic E-state index is 10.8. The van der Waals surface area contributed by atoms with E-state index < -0.39 is 5.97 Å². The number of rotatable bonds is 3. The van der Waals surface area contributed by atoms with Crippen LogP contribution >= 0.6 is 22.9 Å². The van der Waals surface area contributed by atoms with Crippen LogP contribution in [0.1, 0.15) is 15.4 Å². The number of aromatic nitrogens is 2. The van der Waals surface area contributed by atoms with Gasteiger partial charge in [0.25, 0.3) is 0 Å². The van der Waals surface area contributed by atoms with E-state index in [4.69, 9.17) is 16.7 Å². The Hall–Kier alpha value is -1.66. The van der Waals surface area contributed by atoms with Crippen LogP contribution in [0.25, 0.3) is 0 Å². The molecule has 88 valence electrons. The average molecular weight is 270 g/mol. The van der Waals surface area contributed by atoms with E-state index in [1.165, 1.54) is 6.20 Å². The molecule has 2 N–H and O–H groups in total. The Kier molecular flexibility index (Phi) is 3.26. The predicted octanol–water partition coefficient (Wildman–Crippen LogP) is 2.94. The summed E-state index contributed by atoms with van der Waals surface area (Å²) < 4.78 is 0. The Morgan fingerprint density at radius 2 is 2.29 bits per heavy atom. The lowest BCUT2D eigenvalue weighted by atomic mass is 10.4. The van der Waals surface area contributed by atoms with Crippen molar-refractivity contribution in [2.45, 2.75) is 6.92 Å². The topological polar surface area (TPSA) is 75.1 Å². The van der Waals surface area contributed by atoms with Crippen molar-refractivity contribution in [2.24, 2.45) is 0 Å². The van der Waals surface area contributed by atoms with Gasteiger partial charge < -0.3 is 10.4 Å². The summed E-state index contributed by atoms with van der Waals surface area (Å²) in [5.41, 5.74) is 0.485. The zero-order valence-corrected chi connectivity index (χ0v) is 10.3. The van der Waals surface area contributed by atoms with Crippen LogP contribution in [0.3, 0.4) is 0 Å². The number of carboxylic acids is 1. The van der Waals surface area contributed by atoms with Crippen LogP contribution in [-0.4, -0.2) is 21.0 Å². The van der Waals surface area contributed by atoms with Crippen LogP contribution in [0, 0.1) is 6.92 Å². The van der Waals surface area contributed by atoms with Gasteiger partial charge in [0.15, 0.2) is 5.13 Å². The number of nitrogens with zero attached hydrogens (tertiary/aromatic N) is 2. The summed E-state index contributed by atoms with van der Waals surface area (Å²) in [4.78, 5) is 19.2. The second kappa shape index (κ2) is 4.68. The van der Waals surface area contributed by atoms with Crippen molar-refractivity contribution in [2.75, 3.05) is 5.32 Å². The van der Waals surface area contributed by atoms with Gasteiger partial charge in [-0.25, -0.2) is 14.8 Å². The van der Waals surface area contributed by atoms with Crippen LogP contribution in [0.4, 0.5) is 10.9 Å². The van der Waals surface area contributed by atoms with Crippen molar-refractivity contribution in [1.29, 1.82) is 0 Å². The summed E-state index contributed by atoms with van der Waals surface area (Å²) >= 11 is 6.78. The Balaban J connectivity index is 2.22. The molecule has 0 saturated heterocycles. The Morgan fingerprint density at radius 1 is 1.53 bits per heavy atom. The van der Waals surface area contributed by atoms with Gasteiger partial charge in [-0.3, -0.25) is 0 Å². The Labute approximate surface area is 106 Å². The number of hydrogen-bond acceptors (Lipinski definition) is 5. The molecule has 2 heterocycles. The highest BCUT2D eigenvalue weighted by Gasteiger charge is 2.13. The van der Waals surface area contributed by atoms with E-state index in [-0.39, 0.29) is 4.88 Å². The molecule has 0 bridgehead atoms. The van der Waals surface area contributed by atoms with E-state index in [0.717, 1.165) is 11.3 Å². The fraction of sp³-hybridized carbons (Fsp3) is 0.100. The number of thiazole rings is 1. The molecule has 0 aliphatic carbocycles. The molecule has 2 rings (SSSR count). The summed E-state index contributed by atoms with van der Waals surface area (Å²) in [6.45, 7) is 1.65. The summed E-state index contributed by atoms with van der Waals surface area (Å²) in [7, 11) is 0. The second-order valence-electron chi connectivity index (χ2n) is 3.23. The number of hydrogen-bond donors (Lipinski definition) is 2. The third-order valence-electron chi connectivity index (χ3n) is 1.95. The highest BCUT2D eigenvalue weighted by Crippen LogP contribution is 2.25. The molecule has 0 radical (unpaired) electrons. The van der Waals surface area contributed by atoms with Crippen molar-refractivity contribution in [3.8, 4) is 0 Å². The number of carbonyl (C=O) groups is 1. The van der Waals surface area contributed by atoms with E-state index in [0.29, 0.717) is 21.7 Å². The molecular weight excluding hydrogens is 262 g/mol. The Bertz CT molecular complexity index is 553. The molecule has 0 atom stereocenters. The van der Waals surface area contributed by atoms with Gasteiger partial charge in [0.1, 0.15) is 10.7 Å². The zero-order valence-electron chi connectivity index (χ0n) is 8.77. The summed E-state index contributed by atoms with van der Waals surface area (Å²) in [6.07, 6.45) is 1.50. The number of pyridine rings is 1. The first-order valence-electron chi connectivity index (χ1n) is 4.65. The van der Waals surface area contributed by atoms with Crippen LogP contribution in [0.15, 0.2) is 18.3 Å². The zero-order chi connectivity index (χ0) is 12.4. The predicted molar refractivity (Wildman–Crippen MR) is 66.3 cm³/mol. The van der Waals surface area contributed by atoms with E-state index in [1.807, 2.05) is 0 Å². The van der Waals surface area contributed by atoms with Crippen molar-refractivity contribution < 1.29 is 9.90 Å². The molecule has 17 heavy (non-hydrogen) atoms. The first-order chi connectivity index (χ1) is 8.06. The molecule has 2 aromatic heterocycles. The normalized spacial score (nSPS) is 10.2. The lowest BCUT2D eigenvalue weighted by molar-refractivity contribution is 0.0701. The smallest absolute Gasteiger partial charge is 0.347 e. The van der Waals surface area contributed by atoms with Crippen LogP contribution in [0.2, 0.25) is 5.02 Å². The maximum Gasteiger partial charge on any atom is 0.347 e. The number of aryl methyl sites for hydroxylation is 1. The molecular formula is C10H8ClN3O2S. The molecule has 5 nitrogen and oxygen atoms in total. The van der Waals surface area contributed by atoms with Gasteiger partial charge in [-0.2, -0.15) is 0 Å². The van der Waals surface area contributed by atoms with Crippen molar-refractivity contribution in [3.05, 3.63) is 33.9 Å². The monoisotopic (exact) mass is 269 g/mol. The fourth-order valence-electron chi connectivity index (χ4n) is 1.21. The standard InChI is InChI=1S/C10H8ClN3O2S/c1-5-8(9(15)16)17-10(13-5)14-7-3-2-6(11)4-12-7/h2-4H,1H3,(H,15,16)(H,12,13,14). The number of nitrogens with one attached hydrogen (secondary N) is 1. The van der Waals surface area contributed by atoms with Gasteiger partial charge in [-0.15, -0.1) is 0 Å². The first-order valence-corrected chi connectivity index (χ1v) is 5.85. The summed E-state index contributed by atoms with van der Waals surface area (Å²) in [5, 5.41) is 12.8. The second-order valence-corrected chi connectivity index (χ2v) is 4.66. The van der Waals surface area contributed by atoms with Crippen LogP contribution in [0.5, 0.6) is 0 Å². The minimum absolute atomic E-state index is 0.224. The number of halogens is 1. The summed E-state index contributed by atoms with van der Waals surface area (Å²) in [5.74, 6) is -0.405. The maximum atomic E-state index is 10.8. The molecule has 0 aliphatic heterocycles. The number of carboxylic acid groups (broad SMARTS) is 1. The molecule has 0 spiro atoms. The molecule has 0 amide bonds. The van der Waals surface area contributed by atoms with E-state index in [9.17, 15) is 4.79 Å². The highest BCUT2D eigenvalue weighted by atomic mass is 35.5. The van der Waals surface area contributed by atoms with Gasteiger partial charge in [-0.1, -0.05) is 22.9 Å². The molecule has 0 aromatic carbocycles. The lowest BCUT2D eigenvalue weighted by Gasteiger charge is -2.00. The minimum Gasteiger partial charge on any atom is -0.477 e. The van der Waals surface area contributed by atoms with Crippen molar-refractivity contribution >= 4 is 39.9 Å². The number of aromatic carboxylic acids is 1. The van der Waals surface area contributed by atoms with Crippen molar-refractivity contribution in [1.82, 2.24) is 9.97 Å². The van der Waals surface area contributed by atoms with Crippen LogP contribution < -0.4 is 5.32 Å². The van der Waals surface area contributed by atoms with E-state index in [2.05, 4.69) is 15.3 Å². The SMILES string of the molecule is Cc1nc(Nc2ccc(Cl)cn2)sc1C(=O)O. The third kappa shape index (κ3) is 2.72. The molecule has 0 saturated carbocycles. The molecule has 0 fully saturated rings. The number of anilines is 2. The first kappa shape index (κ1) is 11.8. The molecule has 0 aliphatic rings. The highest BCUT2D eigenvalue weighted by molar-refractivity contribution is 7.17. The largest absolute Gasteiger partial charge is 0.477 e. The lowest BCUT2D eigenvalue weighted by Crippen LogP contribution is -1.94. The van der Waals surface area contributed by atoms with E-state index in [1.54, 1.807) is 19.1 Å². The molecule has 2 aromatic rings. The van der Waals surface area contributed by atoms with Gasteiger partial charge >= 0.3 is 5.97 Å². The van der Waals surface area contributed by atoms with Crippen molar-refractivity contribution in [3.63, 3.8) is 0 Å². The van der Waals surface area contributed by atoms with Gasteiger partial charge in [-0.05, 0) is 19.1 Å². The fourth-order valence-corrected chi connectivity index (χ4v) is 2.13. The van der Waals surface area contributed by atoms with E-state index >= 15 is 0 Å². The summed E-state index contributed by atoms with van der Waals surface area (Å²) in [6, 6.07) is 3.38. The van der Waals surface area contributed by atoms with Crippen LogP contribution in [-0.2, 0) is 0 Å². The van der Waals surface area contributed by atoms with Gasteiger partial charge in [0.05, 0.1) is 10.7 Å². The molecule has 0 unspecified atom stereocenters. The quantitative estimate of drug-likeness (QED) is 0.896. The Morgan fingerprint density at radius 3 is 2.82 bits per heavy atom. The minimum atomic E-state index is -0.975. The van der Waals surface area contributed by atoms with Gasteiger partial charge in [0.2, 0.25) is 0 Å². The molecule has 7 heteroatoms. The van der Waals surface area contributed by atoms with Gasteiger partial charge in [0, 0.05) is 6.20 Å². The third-order valence-corrected chi connectivity index (χ3v) is 3.24. The average Bonchev–Trinajstić information content (AvgIpc) is 2.63.